The fourth-order valence-corrected chi connectivity index (χ4v) is 3.89. The Morgan fingerprint density at radius 3 is 2.27 bits per heavy atom. The van der Waals surface area contributed by atoms with Crippen LogP contribution >= 0.6 is 11.3 Å². The Labute approximate surface area is 174 Å². The van der Waals surface area contributed by atoms with E-state index < -0.39 is 16.6 Å². The van der Waals surface area contributed by atoms with E-state index in [0.29, 0.717) is 10.8 Å². The zero-order chi connectivity index (χ0) is 21.1. The summed E-state index contributed by atoms with van der Waals surface area (Å²) in [6, 6.07) is 21.2. The first-order valence-electron chi connectivity index (χ1n) is 8.90. The smallest absolute Gasteiger partial charge is 0.269 e. The van der Waals surface area contributed by atoms with Gasteiger partial charge >= 0.3 is 0 Å². The van der Waals surface area contributed by atoms with Crippen LogP contribution in [0.3, 0.4) is 0 Å². The maximum atomic E-state index is 13.9. The zero-order valence-electron chi connectivity index (χ0n) is 15.4. The maximum absolute atomic E-state index is 13.9. The van der Waals surface area contributed by atoms with Crippen molar-refractivity contribution in [2.45, 2.75) is 0 Å². The quantitative estimate of drug-likeness (QED) is 0.328. The van der Waals surface area contributed by atoms with Gasteiger partial charge in [-0.3, -0.25) is 20.2 Å². The second-order valence-electron chi connectivity index (χ2n) is 6.30. The number of hydrogen-bond donors (Lipinski definition) is 1. The Morgan fingerprint density at radius 2 is 1.60 bits per heavy atom. The van der Waals surface area contributed by atoms with Crippen LogP contribution in [0, 0.1) is 15.9 Å². The van der Waals surface area contributed by atoms with E-state index in [1.165, 1.54) is 41.7 Å². The number of hydrogen-bond acceptors (Lipinski definition) is 5. The van der Waals surface area contributed by atoms with Crippen LogP contribution in [0.4, 0.5) is 15.2 Å². The highest BCUT2D eigenvalue weighted by molar-refractivity contribution is 7.19. The Balaban J connectivity index is 1.74. The topological polar surface area (TPSA) is 85.1 Å². The number of halogens is 1. The second-order valence-corrected chi connectivity index (χ2v) is 7.30. The number of nitrogens with zero attached hydrogens (tertiary/aromatic N) is 2. The van der Waals surface area contributed by atoms with Gasteiger partial charge in [-0.05, 0) is 29.8 Å². The van der Waals surface area contributed by atoms with Gasteiger partial charge < -0.3 is 0 Å². The number of nitro groups is 1. The minimum atomic E-state index is -0.620. The normalized spacial score (nSPS) is 10.6. The molecule has 4 rings (SSSR count). The lowest BCUT2D eigenvalue weighted by Crippen LogP contribution is -2.13. The van der Waals surface area contributed by atoms with Gasteiger partial charge in [-0.2, -0.15) is 0 Å². The first kappa shape index (κ1) is 19.4. The van der Waals surface area contributed by atoms with Gasteiger partial charge in [0, 0.05) is 17.7 Å². The molecule has 0 aliphatic carbocycles. The molecule has 148 valence electrons. The van der Waals surface area contributed by atoms with Crippen LogP contribution in [0.25, 0.3) is 21.7 Å². The Kier molecular flexibility index (Phi) is 5.32. The standard InChI is InChI=1S/C22H14FN3O3S/c23-18-9-5-4-8-17(18)21(27)25-22-24-19(14-6-2-1-3-7-14)20(30-22)15-10-12-16(13-11-15)26(28)29/h1-13H,(H,24,25,27). The first-order valence-corrected chi connectivity index (χ1v) is 9.71. The molecule has 0 radical (unpaired) electrons. The molecular weight excluding hydrogens is 405 g/mol. The number of carbonyl (C=O) groups excluding carboxylic acids is 1. The molecule has 0 aliphatic heterocycles. The summed E-state index contributed by atoms with van der Waals surface area (Å²) in [5.74, 6) is -1.22. The second kappa shape index (κ2) is 8.22. The molecule has 30 heavy (non-hydrogen) atoms. The van der Waals surface area contributed by atoms with E-state index in [1.807, 2.05) is 30.3 Å². The van der Waals surface area contributed by atoms with Gasteiger partial charge in [0.2, 0.25) is 0 Å². The van der Waals surface area contributed by atoms with Crippen molar-refractivity contribution in [3.05, 3.63) is 100 Å². The number of carbonyl (C=O) groups is 1. The number of non-ortho nitro benzene ring substituents is 1. The van der Waals surface area contributed by atoms with Gasteiger partial charge in [0.25, 0.3) is 11.6 Å². The van der Waals surface area contributed by atoms with Gasteiger partial charge in [-0.1, -0.05) is 53.8 Å². The van der Waals surface area contributed by atoms with Crippen molar-refractivity contribution in [1.82, 2.24) is 4.98 Å². The van der Waals surface area contributed by atoms with E-state index in [1.54, 1.807) is 18.2 Å². The lowest BCUT2D eigenvalue weighted by Gasteiger charge is -2.02. The number of rotatable bonds is 5. The number of anilines is 1. The van der Waals surface area contributed by atoms with E-state index in [9.17, 15) is 19.3 Å². The van der Waals surface area contributed by atoms with E-state index in [2.05, 4.69) is 10.3 Å². The Morgan fingerprint density at radius 1 is 0.933 bits per heavy atom. The van der Waals surface area contributed by atoms with Crippen LogP contribution in [0.2, 0.25) is 0 Å². The minimum Gasteiger partial charge on any atom is -0.298 e. The van der Waals surface area contributed by atoms with Gasteiger partial charge in [-0.15, -0.1) is 0 Å². The zero-order valence-corrected chi connectivity index (χ0v) is 16.2. The molecule has 0 fully saturated rings. The molecule has 0 bridgehead atoms. The molecule has 0 saturated carbocycles. The Hall–Kier alpha value is -3.91. The summed E-state index contributed by atoms with van der Waals surface area (Å²) in [5.41, 5.74) is 2.08. The molecule has 4 aromatic rings. The molecule has 0 spiro atoms. The lowest BCUT2D eigenvalue weighted by molar-refractivity contribution is -0.384. The fraction of sp³-hybridized carbons (Fsp3) is 0. The van der Waals surface area contributed by atoms with E-state index in [4.69, 9.17) is 0 Å². The maximum Gasteiger partial charge on any atom is 0.269 e. The average Bonchev–Trinajstić information content (AvgIpc) is 3.18. The van der Waals surface area contributed by atoms with Crippen LogP contribution in [-0.4, -0.2) is 15.8 Å². The summed E-state index contributed by atoms with van der Waals surface area (Å²) in [4.78, 5) is 28.2. The molecule has 0 aliphatic rings. The highest BCUT2D eigenvalue weighted by Gasteiger charge is 2.19. The summed E-state index contributed by atoms with van der Waals surface area (Å²) in [6.45, 7) is 0. The third kappa shape index (κ3) is 3.94. The molecule has 3 aromatic carbocycles. The molecule has 0 unspecified atom stereocenters. The molecular formula is C22H14FN3O3S. The monoisotopic (exact) mass is 419 g/mol. The van der Waals surface area contributed by atoms with Crippen molar-refractivity contribution >= 4 is 28.1 Å². The molecule has 1 aromatic heterocycles. The number of benzene rings is 3. The Bertz CT molecular complexity index is 1220. The van der Waals surface area contributed by atoms with Crippen molar-refractivity contribution in [1.29, 1.82) is 0 Å². The third-order valence-electron chi connectivity index (χ3n) is 4.35. The van der Waals surface area contributed by atoms with Crippen LogP contribution in [0.15, 0.2) is 78.9 Å². The number of aromatic nitrogens is 1. The largest absolute Gasteiger partial charge is 0.298 e. The lowest BCUT2D eigenvalue weighted by atomic mass is 10.1. The molecule has 1 amide bonds. The highest BCUT2D eigenvalue weighted by Crippen LogP contribution is 2.39. The van der Waals surface area contributed by atoms with Crippen molar-refractivity contribution < 1.29 is 14.1 Å². The predicted octanol–water partition coefficient (Wildman–Crippen LogP) is 5.78. The molecule has 6 nitrogen and oxygen atoms in total. The van der Waals surface area contributed by atoms with Gasteiger partial charge in [0.1, 0.15) is 5.82 Å². The minimum absolute atomic E-state index is 0.0161. The summed E-state index contributed by atoms with van der Waals surface area (Å²) in [6.07, 6.45) is 0. The number of amides is 1. The van der Waals surface area contributed by atoms with Crippen LogP contribution in [0.5, 0.6) is 0 Å². The van der Waals surface area contributed by atoms with Gasteiger partial charge in [-0.25, -0.2) is 9.37 Å². The van der Waals surface area contributed by atoms with Gasteiger partial charge in [0.15, 0.2) is 5.13 Å². The highest BCUT2D eigenvalue weighted by atomic mass is 32.1. The third-order valence-corrected chi connectivity index (χ3v) is 5.37. The molecule has 1 N–H and O–H groups in total. The van der Waals surface area contributed by atoms with Crippen LogP contribution < -0.4 is 5.32 Å². The van der Waals surface area contributed by atoms with E-state index >= 15 is 0 Å². The summed E-state index contributed by atoms with van der Waals surface area (Å²) in [5, 5.41) is 13.9. The van der Waals surface area contributed by atoms with E-state index in [0.717, 1.165) is 16.0 Å². The summed E-state index contributed by atoms with van der Waals surface area (Å²) in [7, 11) is 0. The van der Waals surface area contributed by atoms with Crippen LogP contribution in [0.1, 0.15) is 10.4 Å². The number of nitrogens with one attached hydrogen (secondary N) is 1. The van der Waals surface area contributed by atoms with Crippen molar-refractivity contribution in [2.24, 2.45) is 0 Å². The molecule has 0 atom stereocenters. The average molecular weight is 419 g/mol. The van der Waals surface area contributed by atoms with Crippen LogP contribution in [-0.2, 0) is 0 Å². The molecule has 1 heterocycles. The fourth-order valence-electron chi connectivity index (χ4n) is 2.91. The van der Waals surface area contributed by atoms with E-state index in [-0.39, 0.29) is 11.3 Å². The van der Waals surface area contributed by atoms with Gasteiger partial charge in [0.05, 0.1) is 21.1 Å². The summed E-state index contributed by atoms with van der Waals surface area (Å²) >= 11 is 1.22. The van der Waals surface area contributed by atoms with Crippen molar-refractivity contribution in [3.8, 4) is 21.7 Å². The first-order chi connectivity index (χ1) is 14.5. The van der Waals surface area contributed by atoms with Crippen molar-refractivity contribution in [2.75, 3.05) is 5.32 Å². The SMILES string of the molecule is O=C(Nc1nc(-c2ccccc2)c(-c2ccc([N+](=O)[O-])cc2)s1)c1ccccc1F. The van der Waals surface area contributed by atoms with Crippen molar-refractivity contribution in [3.63, 3.8) is 0 Å². The summed E-state index contributed by atoms with van der Waals surface area (Å²) < 4.78 is 13.9. The number of nitro benzene ring substituents is 1. The predicted molar refractivity (Wildman–Crippen MR) is 114 cm³/mol. The number of thiazole rings is 1. The molecule has 8 heteroatoms. The molecule has 0 saturated heterocycles.